The number of hydrogen-bond donors (Lipinski definition) is 2. The third-order valence-electron chi connectivity index (χ3n) is 6.20. The van der Waals surface area contributed by atoms with Crippen LogP contribution in [-0.2, 0) is 20.2 Å². The Morgan fingerprint density at radius 1 is 1.03 bits per heavy atom. The van der Waals surface area contributed by atoms with E-state index in [4.69, 9.17) is 9.47 Å². The SMILES string of the molecule is CCS(=O)(=O)Nc1ccc(NC(=O)C2(c3ccc4c(c3)OCO4)CCCCC2)cc1C. The predicted octanol–water partition coefficient (Wildman–Crippen LogP) is 4.33. The Morgan fingerprint density at radius 2 is 1.77 bits per heavy atom. The predicted molar refractivity (Wildman–Crippen MR) is 120 cm³/mol. The van der Waals surface area contributed by atoms with Crippen molar-refractivity contribution in [3.05, 3.63) is 47.5 Å². The van der Waals surface area contributed by atoms with Crippen LogP contribution in [0.5, 0.6) is 11.5 Å². The van der Waals surface area contributed by atoms with Gasteiger partial charge in [-0.15, -0.1) is 0 Å². The summed E-state index contributed by atoms with van der Waals surface area (Å²) in [7, 11) is -3.36. The van der Waals surface area contributed by atoms with Crippen LogP contribution in [0.15, 0.2) is 36.4 Å². The number of sulfonamides is 1. The second kappa shape index (κ2) is 8.42. The molecule has 2 aromatic rings. The van der Waals surface area contributed by atoms with E-state index in [0.29, 0.717) is 22.9 Å². The van der Waals surface area contributed by atoms with Crippen molar-refractivity contribution < 1.29 is 22.7 Å². The fraction of sp³-hybridized carbons (Fsp3) is 0.435. The maximum absolute atomic E-state index is 13.6. The number of ether oxygens (including phenoxy) is 2. The maximum atomic E-state index is 13.6. The van der Waals surface area contributed by atoms with Gasteiger partial charge in [-0.25, -0.2) is 8.42 Å². The first kappa shape index (κ1) is 21.5. The number of fused-ring (bicyclic) bond motifs is 1. The van der Waals surface area contributed by atoms with Crippen LogP contribution in [0.25, 0.3) is 0 Å². The van der Waals surface area contributed by atoms with Gasteiger partial charge in [0.05, 0.1) is 16.9 Å². The molecule has 2 aliphatic rings. The molecule has 0 bridgehead atoms. The van der Waals surface area contributed by atoms with Crippen molar-refractivity contribution >= 4 is 27.3 Å². The summed E-state index contributed by atoms with van der Waals surface area (Å²) in [5.41, 5.74) is 2.22. The van der Waals surface area contributed by atoms with Gasteiger partial charge < -0.3 is 14.8 Å². The first-order valence-corrected chi connectivity index (χ1v) is 12.3. The number of aryl methyl sites for hydroxylation is 1. The third-order valence-corrected chi connectivity index (χ3v) is 7.49. The molecule has 0 unspecified atom stereocenters. The first-order chi connectivity index (χ1) is 14.8. The van der Waals surface area contributed by atoms with E-state index in [1.807, 2.05) is 25.1 Å². The fourth-order valence-corrected chi connectivity index (χ4v) is 5.05. The Hall–Kier alpha value is -2.74. The quantitative estimate of drug-likeness (QED) is 0.692. The maximum Gasteiger partial charge on any atom is 0.235 e. The molecule has 0 radical (unpaired) electrons. The summed E-state index contributed by atoms with van der Waals surface area (Å²) in [5, 5.41) is 3.08. The van der Waals surface area contributed by atoms with E-state index in [2.05, 4.69) is 10.0 Å². The largest absolute Gasteiger partial charge is 0.454 e. The molecule has 31 heavy (non-hydrogen) atoms. The highest BCUT2D eigenvalue weighted by Gasteiger charge is 2.42. The zero-order valence-electron chi connectivity index (χ0n) is 17.9. The van der Waals surface area contributed by atoms with Crippen LogP contribution in [0.3, 0.4) is 0 Å². The van der Waals surface area contributed by atoms with Gasteiger partial charge in [0.1, 0.15) is 0 Å². The van der Waals surface area contributed by atoms with Crippen LogP contribution < -0.4 is 19.5 Å². The lowest BCUT2D eigenvalue weighted by Gasteiger charge is -2.36. The molecule has 1 aliphatic carbocycles. The Balaban J connectivity index is 1.59. The first-order valence-electron chi connectivity index (χ1n) is 10.7. The molecule has 4 rings (SSSR count). The molecule has 166 valence electrons. The molecule has 2 aromatic carbocycles. The second-order valence-electron chi connectivity index (χ2n) is 8.20. The minimum atomic E-state index is -3.36. The van der Waals surface area contributed by atoms with Gasteiger partial charge in [-0.05, 0) is 68.1 Å². The van der Waals surface area contributed by atoms with Gasteiger partial charge in [0.25, 0.3) is 0 Å². The Kier molecular flexibility index (Phi) is 5.83. The molecule has 0 saturated heterocycles. The van der Waals surface area contributed by atoms with Crippen molar-refractivity contribution in [1.82, 2.24) is 0 Å². The monoisotopic (exact) mass is 444 g/mol. The number of amides is 1. The molecule has 1 saturated carbocycles. The molecule has 1 fully saturated rings. The second-order valence-corrected chi connectivity index (χ2v) is 10.2. The van der Waals surface area contributed by atoms with Gasteiger partial charge in [0, 0.05) is 5.69 Å². The summed E-state index contributed by atoms with van der Waals surface area (Å²) in [6, 6.07) is 11.0. The topological polar surface area (TPSA) is 93.7 Å². The Labute approximate surface area is 183 Å². The minimum absolute atomic E-state index is 0.00296. The number of anilines is 2. The van der Waals surface area contributed by atoms with E-state index >= 15 is 0 Å². The van der Waals surface area contributed by atoms with Crippen molar-refractivity contribution in [3.8, 4) is 11.5 Å². The average molecular weight is 445 g/mol. The normalized spacial score (nSPS) is 17.2. The van der Waals surface area contributed by atoms with Crippen molar-refractivity contribution in [2.24, 2.45) is 0 Å². The minimum Gasteiger partial charge on any atom is -0.454 e. The van der Waals surface area contributed by atoms with E-state index in [-0.39, 0.29) is 18.5 Å². The van der Waals surface area contributed by atoms with Gasteiger partial charge in [-0.3, -0.25) is 9.52 Å². The van der Waals surface area contributed by atoms with Crippen molar-refractivity contribution in [3.63, 3.8) is 0 Å². The summed E-state index contributed by atoms with van der Waals surface area (Å²) in [5.74, 6) is 1.34. The molecular formula is C23H28N2O5S. The number of carbonyl (C=O) groups excluding carboxylic acids is 1. The summed E-state index contributed by atoms with van der Waals surface area (Å²) >= 11 is 0. The third kappa shape index (κ3) is 4.35. The van der Waals surface area contributed by atoms with E-state index in [1.54, 1.807) is 25.1 Å². The summed E-state index contributed by atoms with van der Waals surface area (Å²) in [6.45, 7) is 3.61. The van der Waals surface area contributed by atoms with E-state index in [9.17, 15) is 13.2 Å². The van der Waals surface area contributed by atoms with Gasteiger partial charge in [-0.2, -0.15) is 0 Å². The van der Waals surface area contributed by atoms with Crippen LogP contribution in [0, 0.1) is 6.92 Å². The lowest BCUT2D eigenvalue weighted by molar-refractivity contribution is -0.122. The Bertz CT molecular complexity index is 1090. The molecule has 1 aliphatic heterocycles. The molecule has 0 spiro atoms. The van der Waals surface area contributed by atoms with Gasteiger partial charge in [0.2, 0.25) is 22.7 Å². The smallest absolute Gasteiger partial charge is 0.235 e. The number of carbonyl (C=O) groups is 1. The van der Waals surface area contributed by atoms with Crippen LogP contribution in [-0.4, -0.2) is 26.9 Å². The molecular weight excluding hydrogens is 416 g/mol. The van der Waals surface area contributed by atoms with E-state index < -0.39 is 15.4 Å². The van der Waals surface area contributed by atoms with Crippen molar-refractivity contribution in [1.29, 1.82) is 0 Å². The summed E-state index contributed by atoms with van der Waals surface area (Å²) < 4.78 is 37.3. The van der Waals surface area contributed by atoms with E-state index in [1.165, 1.54) is 0 Å². The lowest BCUT2D eigenvalue weighted by Crippen LogP contribution is -2.42. The highest BCUT2D eigenvalue weighted by atomic mass is 32.2. The average Bonchev–Trinajstić information content (AvgIpc) is 3.24. The zero-order valence-corrected chi connectivity index (χ0v) is 18.7. The molecule has 1 amide bonds. The van der Waals surface area contributed by atoms with Crippen LogP contribution >= 0.6 is 0 Å². The summed E-state index contributed by atoms with van der Waals surface area (Å²) in [4.78, 5) is 13.6. The van der Waals surface area contributed by atoms with Gasteiger partial charge in [0.15, 0.2) is 11.5 Å². The zero-order chi connectivity index (χ0) is 22.1. The van der Waals surface area contributed by atoms with Gasteiger partial charge in [-0.1, -0.05) is 25.3 Å². The Morgan fingerprint density at radius 3 is 2.48 bits per heavy atom. The molecule has 0 aromatic heterocycles. The van der Waals surface area contributed by atoms with Crippen LogP contribution in [0.4, 0.5) is 11.4 Å². The number of benzene rings is 2. The number of nitrogens with one attached hydrogen (secondary N) is 2. The molecule has 1 heterocycles. The lowest BCUT2D eigenvalue weighted by atomic mass is 9.68. The highest BCUT2D eigenvalue weighted by Crippen LogP contribution is 2.44. The van der Waals surface area contributed by atoms with Crippen LogP contribution in [0.2, 0.25) is 0 Å². The highest BCUT2D eigenvalue weighted by molar-refractivity contribution is 7.92. The van der Waals surface area contributed by atoms with E-state index in [0.717, 1.165) is 43.2 Å². The summed E-state index contributed by atoms with van der Waals surface area (Å²) in [6.07, 6.45) is 4.62. The standard InChI is InChI=1S/C23H28N2O5S/c1-3-31(27,28)25-19-9-8-18(13-16(19)2)24-22(26)23(11-5-4-6-12-23)17-7-10-20-21(14-17)30-15-29-20/h7-10,13-14,25H,3-6,11-12,15H2,1-2H3,(H,24,26). The van der Waals surface area contributed by atoms with Crippen molar-refractivity contribution in [2.45, 2.75) is 51.4 Å². The molecule has 2 N–H and O–H groups in total. The van der Waals surface area contributed by atoms with Crippen LogP contribution in [0.1, 0.15) is 50.2 Å². The molecule has 0 atom stereocenters. The van der Waals surface area contributed by atoms with Crippen molar-refractivity contribution in [2.75, 3.05) is 22.6 Å². The fourth-order valence-electron chi connectivity index (χ4n) is 4.34. The molecule has 8 heteroatoms. The number of hydrogen-bond acceptors (Lipinski definition) is 5. The van der Waals surface area contributed by atoms with Gasteiger partial charge >= 0.3 is 0 Å². The molecule has 7 nitrogen and oxygen atoms in total. The number of rotatable bonds is 6.